The minimum Gasteiger partial charge on any atom is -0.329 e. The van der Waals surface area contributed by atoms with E-state index in [4.69, 9.17) is 5.73 Å². The van der Waals surface area contributed by atoms with Gasteiger partial charge in [0.15, 0.2) is 0 Å². The van der Waals surface area contributed by atoms with E-state index in [1.165, 1.54) is 12.1 Å². The van der Waals surface area contributed by atoms with Gasteiger partial charge < -0.3 is 11.1 Å². The Morgan fingerprint density at radius 3 is 2.88 bits per heavy atom. The normalized spacial score (nSPS) is 13.2. The molecular formula is C13H18BrFN2. The van der Waals surface area contributed by atoms with Crippen molar-refractivity contribution in [2.24, 2.45) is 5.73 Å². The van der Waals surface area contributed by atoms with Crippen LogP contribution >= 0.6 is 15.9 Å². The smallest absolute Gasteiger partial charge is 0.124 e. The molecular weight excluding hydrogens is 283 g/mol. The lowest BCUT2D eigenvalue weighted by Crippen LogP contribution is -2.29. The van der Waals surface area contributed by atoms with Crippen molar-refractivity contribution >= 4 is 15.9 Å². The van der Waals surface area contributed by atoms with Gasteiger partial charge >= 0.3 is 0 Å². The van der Waals surface area contributed by atoms with Gasteiger partial charge in [0.25, 0.3) is 0 Å². The van der Waals surface area contributed by atoms with Crippen LogP contribution in [0.5, 0.6) is 0 Å². The Hall–Kier alpha value is -0.710. The molecule has 0 fully saturated rings. The fourth-order valence-electron chi connectivity index (χ4n) is 1.61. The SMILES string of the molecule is C/C=C/CCNC(CN)c1ccc(F)cc1Br. The summed E-state index contributed by atoms with van der Waals surface area (Å²) in [6.45, 7) is 3.34. The number of rotatable bonds is 6. The van der Waals surface area contributed by atoms with Crippen molar-refractivity contribution in [1.82, 2.24) is 5.32 Å². The Bertz CT molecular complexity index is 380. The molecule has 0 heterocycles. The lowest BCUT2D eigenvalue weighted by molar-refractivity contribution is 0.544. The van der Waals surface area contributed by atoms with E-state index in [2.05, 4.69) is 27.3 Å². The first-order valence-corrected chi connectivity index (χ1v) is 6.48. The molecule has 1 atom stereocenters. The monoisotopic (exact) mass is 300 g/mol. The summed E-state index contributed by atoms with van der Waals surface area (Å²) in [4.78, 5) is 0. The highest BCUT2D eigenvalue weighted by molar-refractivity contribution is 9.10. The lowest BCUT2D eigenvalue weighted by Gasteiger charge is -2.18. The number of nitrogens with one attached hydrogen (secondary N) is 1. The molecule has 0 saturated heterocycles. The summed E-state index contributed by atoms with van der Waals surface area (Å²) in [6.07, 6.45) is 5.08. The van der Waals surface area contributed by atoms with E-state index in [0.717, 1.165) is 23.0 Å². The topological polar surface area (TPSA) is 38.0 Å². The Kier molecular flexibility index (Phi) is 6.40. The summed E-state index contributed by atoms with van der Waals surface area (Å²) in [5.74, 6) is -0.245. The molecule has 0 spiro atoms. The van der Waals surface area contributed by atoms with Crippen LogP contribution in [0.3, 0.4) is 0 Å². The summed E-state index contributed by atoms with van der Waals surface area (Å²) in [6, 6.07) is 4.73. The first-order valence-electron chi connectivity index (χ1n) is 5.68. The van der Waals surface area contributed by atoms with Crippen LogP contribution in [0.1, 0.15) is 24.9 Å². The third-order valence-corrected chi connectivity index (χ3v) is 3.20. The van der Waals surface area contributed by atoms with Gasteiger partial charge in [-0.15, -0.1) is 0 Å². The molecule has 1 aromatic carbocycles. The van der Waals surface area contributed by atoms with Gasteiger partial charge in [-0.3, -0.25) is 0 Å². The zero-order valence-corrected chi connectivity index (χ0v) is 11.5. The highest BCUT2D eigenvalue weighted by Crippen LogP contribution is 2.23. The number of benzene rings is 1. The minimum absolute atomic E-state index is 0.0511. The zero-order chi connectivity index (χ0) is 12.7. The van der Waals surface area contributed by atoms with Crippen molar-refractivity contribution in [1.29, 1.82) is 0 Å². The third-order valence-electron chi connectivity index (χ3n) is 2.51. The number of hydrogen-bond acceptors (Lipinski definition) is 2. The van der Waals surface area contributed by atoms with Gasteiger partial charge in [-0.25, -0.2) is 4.39 Å². The van der Waals surface area contributed by atoms with E-state index in [-0.39, 0.29) is 11.9 Å². The van der Waals surface area contributed by atoms with Gasteiger partial charge in [0.1, 0.15) is 5.82 Å². The molecule has 4 heteroatoms. The number of nitrogens with two attached hydrogens (primary N) is 1. The predicted molar refractivity (Wildman–Crippen MR) is 73.3 cm³/mol. The summed E-state index contributed by atoms with van der Waals surface area (Å²) in [5.41, 5.74) is 6.73. The summed E-state index contributed by atoms with van der Waals surface area (Å²) in [5, 5.41) is 3.35. The van der Waals surface area contributed by atoms with Gasteiger partial charge in [0.2, 0.25) is 0 Å². The summed E-state index contributed by atoms with van der Waals surface area (Å²) in [7, 11) is 0. The Balaban J connectivity index is 2.65. The molecule has 1 rings (SSSR count). The predicted octanol–water partition coefficient (Wildman–Crippen LogP) is 3.14. The molecule has 0 aliphatic rings. The van der Waals surface area contributed by atoms with Crippen LogP contribution in [0.4, 0.5) is 4.39 Å². The number of hydrogen-bond donors (Lipinski definition) is 2. The molecule has 0 radical (unpaired) electrons. The second-order valence-electron chi connectivity index (χ2n) is 3.77. The minimum atomic E-state index is -0.245. The average Bonchev–Trinajstić information content (AvgIpc) is 2.31. The second kappa shape index (κ2) is 7.58. The Morgan fingerprint density at radius 2 is 2.29 bits per heavy atom. The van der Waals surface area contributed by atoms with Gasteiger partial charge in [-0.05, 0) is 37.6 Å². The fourth-order valence-corrected chi connectivity index (χ4v) is 2.24. The van der Waals surface area contributed by atoms with E-state index >= 15 is 0 Å². The summed E-state index contributed by atoms with van der Waals surface area (Å²) < 4.78 is 13.7. The van der Waals surface area contributed by atoms with Crippen LogP contribution in [0.2, 0.25) is 0 Å². The molecule has 0 aliphatic heterocycles. The molecule has 3 N–H and O–H groups in total. The van der Waals surface area contributed by atoms with Crippen molar-refractivity contribution in [3.8, 4) is 0 Å². The molecule has 0 aromatic heterocycles. The maximum Gasteiger partial charge on any atom is 0.124 e. The van der Waals surface area contributed by atoms with Crippen LogP contribution in [-0.4, -0.2) is 13.1 Å². The fraction of sp³-hybridized carbons (Fsp3) is 0.385. The Labute approximate surface area is 110 Å². The molecule has 1 unspecified atom stereocenters. The highest BCUT2D eigenvalue weighted by Gasteiger charge is 2.12. The average molecular weight is 301 g/mol. The van der Waals surface area contributed by atoms with E-state index in [1.54, 1.807) is 6.07 Å². The molecule has 2 nitrogen and oxygen atoms in total. The standard InChI is InChI=1S/C13H18BrFN2/c1-2-3-4-7-17-13(9-16)11-6-5-10(15)8-12(11)14/h2-3,5-6,8,13,17H,4,7,9,16H2,1H3/b3-2+. The molecule has 0 saturated carbocycles. The molecule has 0 bridgehead atoms. The van der Waals surface area contributed by atoms with E-state index < -0.39 is 0 Å². The molecule has 94 valence electrons. The highest BCUT2D eigenvalue weighted by atomic mass is 79.9. The van der Waals surface area contributed by atoms with Crippen LogP contribution < -0.4 is 11.1 Å². The zero-order valence-electron chi connectivity index (χ0n) is 9.92. The second-order valence-corrected chi connectivity index (χ2v) is 4.62. The largest absolute Gasteiger partial charge is 0.329 e. The van der Waals surface area contributed by atoms with Crippen LogP contribution in [0, 0.1) is 5.82 Å². The lowest BCUT2D eigenvalue weighted by atomic mass is 10.1. The van der Waals surface area contributed by atoms with Gasteiger partial charge in [0.05, 0.1) is 0 Å². The third kappa shape index (κ3) is 4.58. The molecule has 0 amide bonds. The Morgan fingerprint density at radius 1 is 1.53 bits per heavy atom. The van der Waals surface area contributed by atoms with Gasteiger partial charge in [-0.2, -0.15) is 0 Å². The van der Waals surface area contributed by atoms with Crippen molar-refractivity contribution in [2.45, 2.75) is 19.4 Å². The first-order chi connectivity index (χ1) is 8.19. The number of halogens is 2. The first kappa shape index (κ1) is 14.4. The maximum atomic E-state index is 13.0. The van der Waals surface area contributed by atoms with Crippen molar-refractivity contribution in [3.63, 3.8) is 0 Å². The molecule has 1 aromatic rings. The van der Waals surface area contributed by atoms with E-state index in [9.17, 15) is 4.39 Å². The molecule has 0 aliphatic carbocycles. The van der Waals surface area contributed by atoms with Crippen LogP contribution in [0.25, 0.3) is 0 Å². The van der Waals surface area contributed by atoms with Crippen LogP contribution in [0.15, 0.2) is 34.8 Å². The van der Waals surface area contributed by atoms with Crippen molar-refractivity contribution < 1.29 is 4.39 Å². The van der Waals surface area contributed by atoms with Crippen molar-refractivity contribution in [2.75, 3.05) is 13.1 Å². The van der Waals surface area contributed by atoms with Gasteiger partial charge in [-0.1, -0.05) is 34.1 Å². The molecule has 17 heavy (non-hydrogen) atoms. The van der Waals surface area contributed by atoms with Gasteiger partial charge in [0, 0.05) is 17.1 Å². The summed E-state index contributed by atoms with van der Waals surface area (Å²) >= 11 is 3.36. The van der Waals surface area contributed by atoms with Crippen LogP contribution in [-0.2, 0) is 0 Å². The maximum absolute atomic E-state index is 13.0. The van der Waals surface area contributed by atoms with E-state index in [0.29, 0.717) is 6.54 Å². The van der Waals surface area contributed by atoms with E-state index in [1.807, 2.05) is 13.0 Å². The number of allylic oxidation sites excluding steroid dienone is 1. The quantitative estimate of drug-likeness (QED) is 0.626. The van der Waals surface area contributed by atoms with Crippen molar-refractivity contribution in [3.05, 3.63) is 46.2 Å².